The molecule has 15 nitrogen and oxygen atoms in total. The van der Waals surface area contributed by atoms with Crippen LogP contribution in [0.2, 0.25) is 0 Å². The molecule has 5 aliphatic heterocycles. The zero-order chi connectivity index (χ0) is 49.9. The molecule has 1 amide bonds. The van der Waals surface area contributed by atoms with Crippen molar-refractivity contribution >= 4 is 34.1 Å². The van der Waals surface area contributed by atoms with E-state index in [1.807, 2.05) is 0 Å². The van der Waals surface area contributed by atoms with E-state index in [0.717, 1.165) is 0 Å². The second-order valence-corrected chi connectivity index (χ2v) is 17.1. The Morgan fingerprint density at radius 2 is 1.70 bits per heavy atom. The van der Waals surface area contributed by atoms with E-state index < -0.39 is 108 Å². The van der Waals surface area contributed by atoms with E-state index >= 15 is 0 Å². The van der Waals surface area contributed by atoms with Crippen molar-refractivity contribution in [3.05, 3.63) is 58.0 Å². The van der Waals surface area contributed by atoms with Gasteiger partial charge < -0.3 is 49.6 Å². The number of hydrogen-bond donors (Lipinski definition) is 5. The molecule has 332 valence electrons. The zero-order valence-electron chi connectivity index (χ0n) is 42.1. The molecule has 7 rings (SSSR count). The number of ketones is 1. The molecule has 0 radical (unpaired) electrons. The number of nitrogens with zero attached hydrogens (tertiary/aromatic N) is 3. The molecule has 1 saturated heterocycles. The number of phenols is 2. The molecule has 0 aliphatic carbocycles. The average molecular weight is 853 g/mol. The van der Waals surface area contributed by atoms with Crippen molar-refractivity contribution in [2.45, 2.75) is 118 Å². The minimum atomic E-state index is -2.75. The quantitative estimate of drug-likeness (QED) is 0.208. The number of fused-ring (bicyclic) bond motifs is 13. The van der Waals surface area contributed by atoms with Gasteiger partial charge in [-0.3, -0.25) is 19.4 Å². The fraction of sp³-hybridized carbons (Fsp3) is 0.587. The maximum absolute atomic E-state index is 14.8. The first-order chi connectivity index (χ1) is 31.1. The van der Waals surface area contributed by atoms with Crippen molar-refractivity contribution < 1.29 is 62.0 Å². The SMILES string of the molecule is [2H]C([2H])([2H])C(CN1CCC2(CC1)N=c1c(c3c4c5c(C)c(O)c3c(O)c1=NC(=O)/C(C)=C/C=C/[C@H](C)[C@H](O)[C@@H](C)[C@@H](O)[C@@H](C)[C@H](OC(C)=O)[C@H](C)[C@@H](OC)/C=C/O[C@@](C)(O5)C4=O)N2)C([2H])([2H])[2H]. The number of aliphatic hydroxyl groups excluding tert-OH is 2. The van der Waals surface area contributed by atoms with Gasteiger partial charge in [0.2, 0.25) is 0 Å². The van der Waals surface area contributed by atoms with E-state index in [-0.39, 0.29) is 82.1 Å². The summed E-state index contributed by atoms with van der Waals surface area (Å²) in [5.74, 6) is -9.56. The molecule has 15 heteroatoms. The molecule has 5 N–H and O–H groups in total. The summed E-state index contributed by atoms with van der Waals surface area (Å²) in [6.07, 6.45) is 3.77. The van der Waals surface area contributed by atoms with Gasteiger partial charge in [-0.2, -0.15) is 0 Å². The Kier molecular flexibility index (Phi) is 10.9. The number of methoxy groups -OCH3 is 1. The van der Waals surface area contributed by atoms with Gasteiger partial charge >= 0.3 is 11.8 Å². The van der Waals surface area contributed by atoms with E-state index in [0.29, 0.717) is 0 Å². The van der Waals surface area contributed by atoms with Gasteiger partial charge in [-0.15, -0.1) is 0 Å². The van der Waals surface area contributed by atoms with Crippen LogP contribution in [0.3, 0.4) is 0 Å². The van der Waals surface area contributed by atoms with Crippen LogP contribution in [-0.2, 0) is 23.8 Å². The number of rotatable bonds is 4. The second kappa shape index (κ2) is 17.5. The number of amides is 1. The molecule has 1 fully saturated rings. The number of anilines is 1. The number of carbonyl (C=O) groups excluding carboxylic acids is 3. The number of piperidine rings is 1. The lowest BCUT2D eigenvalue weighted by Crippen LogP contribution is -2.47. The molecule has 0 unspecified atom stereocenters. The monoisotopic (exact) mass is 852 g/mol. The summed E-state index contributed by atoms with van der Waals surface area (Å²) in [5.41, 5.74) is -0.926. The number of ether oxygens (including phenoxy) is 4. The maximum atomic E-state index is 14.8. The van der Waals surface area contributed by atoms with Crippen LogP contribution in [0.4, 0.5) is 5.69 Å². The van der Waals surface area contributed by atoms with Gasteiger partial charge in [0.1, 0.15) is 34.0 Å². The molecule has 9 atom stereocenters. The fourth-order valence-electron chi connectivity index (χ4n) is 8.98. The number of allylic oxidation sites excluding steroid dienone is 2. The molecule has 1 spiro atoms. The summed E-state index contributed by atoms with van der Waals surface area (Å²) in [7, 11) is 1.43. The summed E-state index contributed by atoms with van der Waals surface area (Å²) in [6.45, 7) is 7.13. The van der Waals surface area contributed by atoms with Crippen LogP contribution in [-0.4, -0.2) is 106 Å². The summed E-state index contributed by atoms with van der Waals surface area (Å²) >= 11 is 0. The van der Waals surface area contributed by atoms with Gasteiger partial charge in [-0.1, -0.05) is 59.6 Å². The molecule has 2 aromatic rings. The third-order valence-corrected chi connectivity index (χ3v) is 12.7. The summed E-state index contributed by atoms with van der Waals surface area (Å²) in [6, 6.07) is 0. The summed E-state index contributed by atoms with van der Waals surface area (Å²) in [4.78, 5) is 52.2. The van der Waals surface area contributed by atoms with Gasteiger partial charge in [-0.05, 0) is 25.8 Å². The Morgan fingerprint density at radius 1 is 1.02 bits per heavy atom. The predicted molar refractivity (Wildman–Crippen MR) is 228 cm³/mol. The fourth-order valence-corrected chi connectivity index (χ4v) is 8.98. The van der Waals surface area contributed by atoms with Crippen LogP contribution in [0.5, 0.6) is 17.2 Å². The van der Waals surface area contributed by atoms with E-state index in [1.165, 1.54) is 53.2 Å². The molecule has 5 aliphatic rings. The number of benzene rings is 2. The van der Waals surface area contributed by atoms with Gasteiger partial charge in [0.05, 0.1) is 41.2 Å². The summed E-state index contributed by atoms with van der Waals surface area (Å²) in [5, 5.41) is 49.9. The highest BCUT2D eigenvalue weighted by Gasteiger charge is 2.51. The van der Waals surface area contributed by atoms with Crippen molar-refractivity contribution in [3.8, 4) is 17.2 Å². The van der Waals surface area contributed by atoms with E-state index in [2.05, 4.69) is 10.3 Å². The molecular weight excluding hydrogens is 785 g/mol. The number of aliphatic hydroxyl groups is 2. The smallest absolute Gasteiger partial charge is 0.312 e. The first-order valence-corrected chi connectivity index (χ1v) is 20.6. The standard InChI is InChI=1S/C46H62N4O11/c1-22(2)21-50-18-16-46(17-19-50)48-34-31-32-39(54)28(8)42-33(31)43(56)45(10,61-42)59-20-15-30(58-11)25(5)41(60-29(9)51)27(7)38(53)26(6)37(52)23(3)13-12-14-24(4)44(57)47-36(40(32)55)35(34)49-46/h12-15,20,22-23,25-27,30,37-38,41,48,52-55H,16-19,21H2,1-11H3/b13-12+,20-15+,24-14+,47-36?/t23-,25+,26+,27+,30-,37-,38+,41+,45-/m0/s1/i1D3,2D3. The number of phenolic OH excluding ortho intramolecular Hbond substituents is 2. The van der Waals surface area contributed by atoms with Crippen LogP contribution >= 0.6 is 0 Å². The van der Waals surface area contributed by atoms with Crippen LogP contribution in [0.15, 0.2) is 46.1 Å². The third kappa shape index (κ3) is 8.54. The maximum Gasteiger partial charge on any atom is 0.312 e. The molecule has 0 aromatic heterocycles. The van der Waals surface area contributed by atoms with Crippen molar-refractivity contribution in [3.63, 3.8) is 0 Å². The van der Waals surface area contributed by atoms with Crippen LogP contribution < -0.4 is 20.8 Å². The van der Waals surface area contributed by atoms with Gasteiger partial charge in [0, 0.05) is 102 Å². The Balaban J connectivity index is 1.52. The van der Waals surface area contributed by atoms with Crippen molar-refractivity contribution in [1.29, 1.82) is 0 Å². The van der Waals surface area contributed by atoms with Crippen molar-refractivity contribution in [2.75, 3.05) is 32.1 Å². The first kappa shape index (κ1) is 37.9. The van der Waals surface area contributed by atoms with Gasteiger partial charge in [0.25, 0.3) is 11.7 Å². The summed E-state index contributed by atoms with van der Waals surface area (Å²) < 4.78 is 71.4. The lowest BCUT2D eigenvalue weighted by molar-refractivity contribution is -0.160. The number of nitrogens with one attached hydrogen (secondary N) is 1. The minimum Gasteiger partial charge on any atom is -0.507 e. The van der Waals surface area contributed by atoms with Crippen LogP contribution in [0.1, 0.15) is 99.2 Å². The topological polar surface area (TPSA) is 209 Å². The largest absolute Gasteiger partial charge is 0.507 e. The van der Waals surface area contributed by atoms with Crippen molar-refractivity contribution in [1.82, 2.24) is 4.90 Å². The van der Waals surface area contributed by atoms with Crippen LogP contribution in [0.25, 0.3) is 10.8 Å². The highest BCUT2D eigenvalue weighted by atomic mass is 16.7. The van der Waals surface area contributed by atoms with Crippen molar-refractivity contribution in [2.24, 2.45) is 39.6 Å². The molecule has 5 heterocycles. The van der Waals surface area contributed by atoms with E-state index in [9.17, 15) is 34.8 Å². The highest BCUT2D eigenvalue weighted by Crippen LogP contribution is 2.51. The lowest BCUT2D eigenvalue weighted by Gasteiger charge is -2.38. The van der Waals surface area contributed by atoms with E-state index in [4.69, 9.17) is 32.2 Å². The lowest BCUT2D eigenvalue weighted by atomic mass is 9.78. The normalized spacial score (nSPS) is 34.5. The Hall–Kier alpha value is -4.83. The molecular formula is C46H62N4O11. The predicted octanol–water partition coefficient (Wildman–Crippen LogP) is 4.75. The Bertz CT molecular complexity index is 2510. The average Bonchev–Trinajstić information content (AvgIpc) is 3.75. The molecule has 5 bridgehead atoms. The van der Waals surface area contributed by atoms with E-state index in [1.54, 1.807) is 44.7 Å². The number of hydrogen-bond acceptors (Lipinski definition) is 14. The Labute approximate surface area is 365 Å². The third-order valence-electron chi connectivity index (χ3n) is 12.7. The molecule has 61 heavy (non-hydrogen) atoms. The number of Topliss-reactive ketones (excluding diaryl/α,β-unsaturated/α-hetero) is 1. The van der Waals surface area contributed by atoms with Gasteiger partial charge in [0.15, 0.2) is 5.75 Å². The number of likely N-dealkylation sites (tertiary alicyclic amines) is 1. The number of carbonyl (C=O) groups is 3. The first-order valence-electron chi connectivity index (χ1n) is 23.6. The zero-order valence-corrected chi connectivity index (χ0v) is 36.1. The number of aromatic hydroxyl groups is 2. The van der Waals surface area contributed by atoms with Crippen LogP contribution in [0, 0.1) is 36.5 Å². The van der Waals surface area contributed by atoms with Gasteiger partial charge in [-0.25, -0.2) is 4.99 Å². The number of esters is 1. The highest BCUT2D eigenvalue weighted by molar-refractivity contribution is 6.21. The second-order valence-electron chi connectivity index (χ2n) is 17.1. The molecule has 2 aromatic carbocycles. The molecule has 0 saturated carbocycles. The Morgan fingerprint density at radius 3 is 2.34 bits per heavy atom. The minimum absolute atomic E-state index is 0.00194.